The number of carbonyl (C=O) groups excluding carboxylic acids is 1. The fourth-order valence-corrected chi connectivity index (χ4v) is 1.06. The maximum absolute atomic E-state index is 10.6. The van der Waals surface area contributed by atoms with Gasteiger partial charge in [-0.1, -0.05) is 6.58 Å². The lowest BCUT2D eigenvalue weighted by Crippen LogP contribution is -1.98. The van der Waals surface area contributed by atoms with E-state index < -0.39 is 0 Å². The van der Waals surface area contributed by atoms with Crippen LogP contribution in [0.4, 0.5) is 0 Å². The first kappa shape index (κ1) is 9.65. The van der Waals surface area contributed by atoms with Gasteiger partial charge >= 0.3 is 0 Å². The molecule has 0 rings (SSSR count). The second kappa shape index (κ2) is 5.44. The van der Waals surface area contributed by atoms with Gasteiger partial charge in [0, 0.05) is 11.8 Å². The molecule has 0 amide bonds. The molecule has 0 atom stereocenters. The molecule has 0 radical (unpaired) electrons. The predicted octanol–water partition coefficient (Wildman–Crippen LogP) is 1.75. The molecule has 0 fully saturated rings. The van der Waals surface area contributed by atoms with Gasteiger partial charge in [-0.3, -0.25) is 4.79 Å². The van der Waals surface area contributed by atoms with E-state index in [1.54, 1.807) is 0 Å². The Morgan fingerprint density at radius 3 is 2.90 bits per heavy atom. The van der Waals surface area contributed by atoms with Gasteiger partial charge in [-0.25, -0.2) is 0 Å². The molecular weight excluding hydrogens is 168 g/mol. The average Bonchev–Trinajstić information content (AvgIpc) is 1.88. The molecule has 10 heavy (non-hydrogen) atoms. The predicted molar refractivity (Wildman–Crippen MR) is 47.0 cm³/mol. The van der Waals surface area contributed by atoms with E-state index in [1.165, 1.54) is 6.08 Å². The van der Waals surface area contributed by atoms with Crippen LogP contribution in [0.25, 0.3) is 0 Å². The smallest absolute Gasteiger partial charge is 0.227 e. The van der Waals surface area contributed by atoms with Crippen LogP contribution in [0.3, 0.4) is 0 Å². The summed E-state index contributed by atoms with van der Waals surface area (Å²) < 4.78 is 5.10. The first-order chi connectivity index (χ1) is 4.70. The van der Waals surface area contributed by atoms with Gasteiger partial charge in [0.25, 0.3) is 0 Å². The van der Waals surface area contributed by atoms with Crippen molar-refractivity contribution < 1.29 is 9.53 Å². The summed E-state index contributed by atoms with van der Waals surface area (Å²) in [6.07, 6.45) is 1.20. The van der Waals surface area contributed by atoms with Crippen LogP contribution >= 0.6 is 24.0 Å². The third-order valence-electron chi connectivity index (χ3n) is 0.613. The third-order valence-corrected chi connectivity index (χ3v) is 1.63. The zero-order valence-corrected chi connectivity index (χ0v) is 7.26. The van der Waals surface area contributed by atoms with E-state index in [1.807, 2.05) is 6.92 Å². The van der Waals surface area contributed by atoms with E-state index in [-0.39, 0.29) is 9.50 Å². The molecule has 0 aliphatic carbocycles. The second-order valence-electron chi connectivity index (χ2n) is 1.31. The molecule has 0 N–H and O–H groups in total. The monoisotopic (exact) mass is 176 g/mol. The summed E-state index contributed by atoms with van der Waals surface area (Å²) in [4.78, 5) is 10.6. The van der Waals surface area contributed by atoms with Crippen molar-refractivity contribution in [1.29, 1.82) is 0 Å². The zero-order chi connectivity index (χ0) is 7.98. The number of thioether (sulfide) groups is 1. The minimum atomic E-state index is -0.182. The van der Waals surface area contributed by atoms with Gasteiger partial charge in [-0.15, -0.1) is 0 Å². The molecule has 56 valence electrons. The number of ether oxygens (including phenoxy) is 1. The molecule has 0 saturated heterocycles. The van der Waals surface area contributed by atoms with Gasteiger partial charge in [0.1, 0.15) is 0 Å². The van der Waals surface area contributed by atoms with E-state index >= 15 is 0 Å². The van der Waals surface area contributed by atoms with Crippen LogP contribution in [0.2, 0.25) is 0 Å². The van der Waals surface area contributed by atoms with Crippen molar-refractivity contribution >= 4 is 33.5 Å². The lowest BCUT2D eigenvalue weighted by Gasteiger charge is -1.99. The van der Waals surface area contributed by atoms with E-state index in [9.17, 15) is 4.79 Å². The van der Waals surface area contributed by atoms with Crippen LogP contribution < -0.4 is 0 Å². The number of thiocarbonyl (C=S) groups is 1. The molecule has 0 aliphatic heterocycles. The molecule has 0 spiro atoms. The quantitative estimate of drug-likeness (QED) is 0.473. The number of hydrogen-bond acceptors (Lipinski definition) is 4. The maximum Gasteiger partial charge on any atom is 0.227 e. The Morgan fingerprint density at radius 2 is 2.50 bits per heavy atom. The normalized spacial score (nSPS) is 8.50. The van der Waals surface area contributed by atoms with Crippen LogP contribution in [0.15, 0.2) is 12.7 Å². The summed E-state index contributed by atoms with van der Waals surface area (Å²) in [5.74, 6) is 0. The molecule has 0 aliphatic rings. The summed E-state index contributed by atoms with van der Waals surface area (Å²) in [6, 6.07) is 0. The van der Waals surface area contributed by atoms with Crippen molar-refractivity contribution in [1.82, 2.24) is 0 Å². The topological polar surface area (TPSA) is 26.3 Å². The molecule has 0 aromatic heterocycles. The molecule has 0 aromatic rings. The van der Waals surface area contributed by atoms with Crippen molar-refractivity contribution in [3.63, 3.8) is 0 Å². The van der Waals surface area contributed by atoms with Crippen LogP contribution in [0, 0.1) is 0 Å². The lowest BCUT2D eigenvalue weighted by atomic mass is 10.7. The van der Waals surface area contributed by atoms with Crippen LogP contribution in [0.1, 0.15) is 6.92 Å². The van der Waals surface area contributed by atoms with Gasteiger partial charge in [0.2, 0.25) is 9.50 Å². The minimum absolute atomic E-state index is 0.182. The first-order valence-electron chi connectivity index (χ1n) is 2.71. The highest BCUT2D eigenvalue weighted by molar-refractivity contribution is 8.32. The van der Waals surface area contributed by atoms with Gasteiger partial charge in [-0.05, 0) is 25.2 Å². The summed E-state index contributed by atoms with van der Waals surface area (Å²) in [5, 5.41) is -0.182. The van der Waals surface area contributed by atoms with Gasteiger partial charge in [0.15, 0.2) is 0 Å². The second-order valence-corrected chi connectivity index (χ2v) is 2.91. The Morgan fingerprint density at radius 1 is 1.90 bits per heavy atom. The summed E-state index contributed by atoms with van der Waals surface area (Å²) >= 11 is 5.54. The van der Waals surface area contributed by atoms with Crippen molar-refractivity contribution in [3.05, 3.63) is 12.7 Å². The number of rotatable bonds is 2. The zero-order valence-electron chi connectivity index (χ0n) is 5.62. The summed E-state index contributed by atoms with van der Waals surface area (Å²) in [6.45, 7) is 5.60. The third kappa shape index (κ3) is 4.52. The Kier molecular flexibility index (Phi) is 5.25. The highest BCUT2D eigenvalue weighted by Crippen LogP contribution is 2.06. The Labute approximate surface area is 69.6 Å². The Balaban J connectivity index is 3.57. The number of hydrogen-bond donors (Lipinski definition) is 0. The maximum atomic E-state index is 10.6. The molecule has 0 saturated carbocycles. The minimum Gasteiger partial charge on any atom is -0.479 e. The molecule has 2 nitrogen and oxygen atoms in total. The van der Waals surface area contributed by atoms with Crippen molar-refractivity contribution in [2.45, 2.75) is 6.92 Å². The molecule has 0 aromatic carbocycles. The van der Waals surface area contributed by atoms with E-state index in [4.69, 9.17) is 4.74 Å². The lowest BCUT2D eigenvalue weighted by molar-refractivity contribution is -0.106. The van der Waals surface area contributed by atoms with Gasteiger partial charge in [-0.2, -0.15) is 0 Å². The van der Waals surface area contributed by atoms with Gasteiger partial charge < -0.3 is 4.74 Å². The van der Waals surface area contributed by atoms with Gasteiger partial charge in [0.05, 0.1) is 6.61 Å². The fraction of sp³-hybridized carbons (Fsp3) is 0.333. The van der Waals surface area contributed by atoms with Crippen molar-refractivity contribution in [3.8, 4) is 0 Å². The summed E-state index contributed by atoms with van der Waals surface area (Å²) in [5.41, 5.74) is 0. The van der Waals surface area contributed by atoms with Crippen LogP contribution in [0.5, 0.6) is 0 Å². The fourth-order valence-electron chi connectivity index (χ4n) is 0.271. The largest absolute Gasteiger partial charge is 0.479 e. The van der Waals surface area contributed by atoms with E-state index in [0.29, 0.717) is 6.61 Å². The Hall–Kier alpha value is -0.350. The van der Waals surface area contributed by atoms with E-state index in [2.05, 4.69) is 18.8 Å². The van der Waals surface area contributed by atoms with Crippen LogP contribution in [-0.2, 0) is 9.53 Å². The van der Waals surface area contributed by atoms with Crippen molar-refractivity contribution in [2.75, 3.05) is 6.61 Å². The average molecular weight is 176 g/mol. The number of carbonyl (C=O) groups is 1. The van der Waals surface area contributed by atoms with Crippen molar-refractivity contribution in [2.24, 2.45) is 0 Å². The summed E-state index contributed by atoms with van der Waals surface area (Å²) in [7, 11) is 0. The molecule has 0 bridgehead atoms. The van der Waals surface area contributed by atoms with E-state index in [0.717, 1.165) is 11.8 Å². The SMILES string of the molecule is C=CC(=O)SC(=S)OCC. The molecular formula is C6H8O2S2. The molecule has 0 unspecified atom stereocenters. The molecule has 4 heteroatoms. The van der Waals surface area contributed by atoms with Crippen LogP contribution in [-0.4, -0.2) is 16.1 Å². The highest BCUT2D eigenvalue weighted by atomic mass is 32.2. The molecule has 0 heterocycles. The highest BCUT2D eigenvalue weighted by Gasteiger charge is 2.01. The Bertz CT molecular complexity index is 154. The first-order valence-corrected chi connectivity index (χ1v) is 3.94. The standard InChI is InChI=1S/C6H8O2S2/c1-3-5(7)10-6(9)8-4-2/h3H,1,4H2,2H3.